The normalized spacial score (nSPS) is 12.6. The molecule has 1 atom stereocenters. The van der Waals surface area contributed by atoms with E-state index in [1.165, 1.54) is 16.8 Å². The second-order valence-corrected chi connectivity index (χ2v) is 4.40. The molecule has 18 heavy (non-hydrogen) atoms. The van der Waals surface area contributed by atoms with Crippen molar-refractivity contribution in [3.8, 4) is 11.3 Å². The van der Waals surface area contributed by atoms with Gasteiger partial charge < -0.3 is 5.32 Å². The Morgan fingerprint density at radius 3 is 2.72 bits per heavy atom. The molecule has 1 aromatic carbocycles. The Bertz CT molecular complexity index is 502. The van der Waals surface area contributed by atoms with Gasteiger partial charge in [-0.2, -0.15) is 5.10 Å². The van der Waals surface area contributed by atoms with E-state index in [9.17, 15) is 0 Å². The van der Waals surface area contributed by atoms with Gasteiger partial charge in [0.15, 0.2) is 0 Å². The number of aryl methyl sites for hydroxylation is 1. The summed E-state index contributed by atoms with van der Waals surface area (Å²) in [6, 6.07) is 11.0. The molecule has 1 aromatic heterocycles. The van der Waals surface area contributed by atoms with Crippen molar-refractivity contribution in [2.24, 2.45) is 0 Å². The number of benzene rings is 1. The number of hydrogen-bond donors (Lipinski definition) is 1. The monoisotopic (exact) mass is 243 g/mol. The minimum Gasteiger partial charge on any atom is -0.310 e. The van der Waals surface area contributed by atoms with Crippen LogP contribution in [-0.4, -0.2) is 16.3 Å². The Labute approximate surface area is 109 Å². The molecule has 2 rings (SSSR count). The zero-order valence-electron chi connectivity index (χ0n) is 11.4. The van der Waals surface area contributed by atoms with E-state index in [-0.39, 0.29) is 0 Å². The number of aromatic nitrogens is 2. The molecular weight excluding hydrogens is 222 g/mol. The Morgan fingerprint density at radius 1 is 1.22 bits per heavy atom. The summed E-state index contributed by atoms with van der Waals surface area (Å²) in [5.74, 6) is 0. The van der Waals surface area contributed by atoms with Gasteiger partial charge in [-0.25, -0.2) is 0 Å². The summed E-state index contributed by atoms with van der Waals surface area (Å²) in [6.07, 6.45) is 1.87. The molecule has 0 amide bonds. The Kier molecular flexibility index (Phi) is 4.15. The highest BCUT2D eigenvalue weighted by Crippen LogP contribution is 2.27. The maximum atomic E-state index is 4.35. The van der Waals surface area contributed by atoms with Gasteiger partial charge >= 0.3 is 0 Å². The van der Waals surface area contributed by atoms with Crippen LogP contribution in [0.15, 0.2) is 36.5 Å². The highest BCUT2D eigenvalue weighted by Gasteiger charge is 2.13. The fourth-order valence-corrected chi connectivity index (χ4v) is 2.34. The van der Waals surface area contributed by atoms with Crippen molar-refractivity contribution in [2.45, 2.75) is 33.4 Å². The first-order chi connectivity index (χ1) is 8.77. The highest BCUT2D eigenvalue weighted by atomic mass is 15.3. The molecule has 0 aliphatic heterocycles. The van der Waals surface area contributed by atoms with Crippen LogP contribution in [0.5, 0.6) is 0 Å². The second-order valence-electron chi connectivity index (χ2n) is 4.40. The molecule has 3 heteroatoms. The third-order valence-corrected chi connectivity index (χ3v) is 3.23. The maximum absolute atomic E-state index is 4.35. The minimum absolute atomic E-state index is 0.353. The van der Waals surface area contributed by atoms with Crippen molar-refractivity contribution in [3.63, 3.8) is 0 Å². The van der Waals surface area contributed by atoms with Gasteiger partial charge in [-0.1, -0.05) is 31.2 Å². The molecule has 0 saturated heterocycles. The summed E-state index contributed by atoms with van der Waals surface area (Å²) in [5.41, 5.74) is 3.79. The third kappa shape index (κ3) is 2.46. The van der Waals surface area contributed by atoms with E-state index in [0.29, 0.717) is 6.04 Å². The Morgan fingerprint density at radius 2 is 2.00 bits per heavy atom. The second kappa shape index (κ2) is 5.83. The lowest BCUT2D eigenvalue weighted by molar-refractivity contribution is 0.597. The van der Waals surface area contributed by atoms with Gasteiger partial charge in [0.2, 0.25) is 0 Å². The Hall–Kier alpha value is -1.61. The minimum atomic E-state index is 0.353. The van der Waals surface area contributed by atoms with E-state index in [0.717, 1.165) is 13.1 Å². The van der Waals surface area contributed by atoms with Gasteiger partial charge in [-0.05, 0) is 32.0 Å². The van der Waals surface area contributed by atoms with Crippen LogP contribution in [-0.2, 0) is 6.54 Å². The van der Waals surface area contributed by atoms with Crippen LogP contribution in [0, 0.1) is 0 Å². The van der Waals surface area contributed by atoms with Crippen LogP contribution in [0.4, 0.5) is 0 Å². The molecule has 1 unspecified atom stereocenters. The molecule has 0 radical (unpaired) electrons. The summed E-state index contributed by atoms with van der Waals surface area (Å²) < 4.78 is 2.04. The molecule has 0 aliphatic carbocycles. The van der Waals surface area contributed by atoms with Crippen molar-refractivity contribution in [1.29, 1.82) is 0 Å². The molecule has 0 spiro atoms. The number of hydrogen-bond acceptors (Lipinski definition) is 2. The smallest absolute Gasteiger partial charge is 0.0685 e. The van der Waals surface area contributed by atoms with Crippen molar-refractivity contribution in [3.05, 3.63) is 42.1 Å². The summed E-state index contributed by atoms with van der Waals surface area (Å²) in [5, 5.41) is 7.83. The van der Waals surface area contributed by atoms with Crippen molar-refractivity contribution in [2.75, 3.05) is 6.54 Å². The average molecular weight is 243 g/mol. The summed E-state index contributed by atoms with van der Waals surface area (Å²) >= 11 is 0. The first-order valence-corrected chi connectivity index (χ1v) is 6.62. The first-order valence-electron chi connectivity index (χ1n) is 6.62. The predicted molar refractivity (Wildman–Crippen MR) is 75.4 cm³/mol. The van der Waals surface area contributed by atoms with Crippen LogP contribution in [0.1, 0.15) is 32.4 Å². The molecule has 96 valence electrons. The number of nitrogens with one attached hydrogen (secondary N) is 1. The van der Waals surface area contributed by atoms with Crippen LogP contribution in [0.2, 0.25) is 0 Å². The zero-order valence-corrected chi connectivity index (χ0v) is 11.4. The predicted octanol–water partition coefficient (Wildman–Crippen LogP) is 3.24. The summed E-state index contributed by atoms with van der Waals surface area (Å²) in [4.78, 5) is 0. The van der Waals surface area contributed by atoms with Crippen molar-refractivity contribution >= 4 is 0 Å². The van der Waals surface area contributed by atoms with E-state index in [4.69, 9.17) is 0 Å². The van der Waals surface area contributed by atoms with Crippen molar-refractivity contribution < 1.29 is 0 Å². The van der Waals surface area contributed by atoms with Gasteiger partial charge in [0, 0.05) is 24.3 Å². The Balaban J connectivity index is 2.44. The van der Waals surface area contributed by atoms with E-state index < -0.39 is 0 Å². The fraction of sp³-hybridized carbons (Fsp3) is 0.400. The van der Waals surface area contributed by atoms with E-state index >= 15 is 0 Å². The van der Waals surface area contributed by atoms with Gasteiger partial charge in [-0.3, -0.25) is 4.68 Å². The topological polar surface area (TPSA) is 29.9 Å². The van der Waals surface area contributed by atoms with Gasteiger partial charge in [0.05, 0.1) is 5.69 Å². The molecule has 0 aliphatic rings. The molecule has 0 fully saturated rings. The number of nitrogens with zero attached hydrogens (tertiary/aromatic N) is 2. The molecular formula is C15H21N3. The molecule has 1 heterocycles. The molecule has 3 nitrogen and oxygen atoms in total. The fourth-order valence-electron chi connectivity index (χ4n) is 2.34. The largest absolute Gasteiger partial charge is 0.310 e. The van der Waals surface area contributed by atoms with Crippen LogP contribution in [0.3, 0.4) is 0 Å². The lowest BCUT2D eigenvalue weighted by atomic mass is 9.99. The van der Waals surface area contributed by atoms with Crippen LogP contribution >= 0.6 is 0 Å². The average Bonchev–Trinajstić information content (AvgIpc) is 2.87. The zero-order chi connectivity index (χ0) is 13.0. The van der Waals surface area contributed by atoms with E-state index in [2.05, 4.69) is 61.5 Å². The van der Waals surface area contributed by atoms with Gasteiger partial charge in [-0.15, -0.1) is 0 Å². The quantitative estimate of drug-likeness (QED) is 0.873. The maximum Gasteiger partial charge on any atom is 0.0685 e. The summed E-state index contributed by atoms with van der Waals surface area (Å²) in [6.45, 7) is 8.33. The first kappa shape index (κ1) is 12.8. The van der Waals surface area contributed by atoms with E-state index in [1.54, 1.807) is 0 Å². The van der Waals surface area contributed by atoms with Gasteiger partial charge in [0.1, 0.15) is 0 Å². The lowest BCUT2D eigenvalue weighted by Gasteiger charge is -2.17. The lowest BCUT2D eigenvalue weighted by Crippen LogP contribution is -2.18. The molecule has 1 N–H and O–H groups in total. The number of rotatable bonds is 5. The molecule has 2 aromatic rings. The molecule has 0 saturated carbocycles. The SMILES string of the molecule is CCNC(C)c1ccccc1-c1ccnn1CC. The van der Waals surface area contributed by atoms with E-state index in [1.807, 2.05) is 10.9 Å². The standard InChI is InChI=1S/C15H21N3/c1-4-16-12(3)13-8-6-7-9-14(13)15-10-11-17-18(15)5-2/h6-12,16H,4-5H2,1-3H3. The van der Waals surface area contributed by atoms with Crippen LogP contribution in [0.25, 0.3) is 11.3 Å². The summed E-state index contributed by atoms with van der Waals surface area (Å²) in [7, 11) is 0. The molecule has 0 bridgehead atoms. The third-order valence-electron chi connectivity index (χ3n) is 3.23. The van der Waals surface area contributed by atoms with Crippen molar-refractivity contribution in [1.82, 2.24) is 15.1 Å². The van der Waals surface area contributed by atoms with Gasteiger partial charge in [0.25, 0.3) is 0 Å². The van der Waals surface area contributed by atoms with Crippen LogP contribution < -0.4 is 5.32 Å². The highest BCUT2D eigenvalue weighted by molar-refractivity contribution is 5.64.